The summed E-state index contributed by atoms with van der Waals surface area (Å²) in [7, 11) is 0. The highest BCUT2D eigenvalue weighted by atomic mass is 16.5. The van der Waals surface area contributed by atoms with Crippen LogP contribution >= 0.6 is 0 Å². The molecule has 0 atom stereocenters. The first-order valence-corrected chi connectivity index (χ1v) is 4.04. The Morgan fingerprint density at radius 2 is 2.25 bits per heavy atom. The molecule has 0 saturated heterocycles. The normalized spacial score (nSPS) is 10.2. The Morgan fingerprint density at radius 1 is 1.50 bits per heavy atom. The number of aromatic nitrogens is 1. The van der Waals surface area contributed by atoms with Gasteiger partial charge in [0.25, 0.3) is 5.88 Å². The third-order valence-corrected chi connectivity index (χ3v) is 1.59. The summed E-state index contributed by atoms with van der Waals surface area (Å²) in [4.78, 5) is 0. The molecule has 4 nitrogen and oxygen atoms in total. The van der Waals surface area contributed by atoms with E-state index >= 15 is 0 Å². The Morgan fingerprint density at radius 3 is 2.75 bits per heavy atom. The molecule has 1 aromatic rings. The number of aryl methyl sites for hydroxylation is 1. The first-order chi connectivity index (χ1) is 5.83. The van der Waals surface area contributed by atoms with Gasteiger partial charge in [-0.1, -0.05) is 6.92 Å². The summed E-state index contributed by atoms with van der Waals surface area (Å²) < 4.78 is 10.1. The van der Waals surface area contributed by atoms with Gasteiger partial charge < -0.3 is 14.4 Å². The van der Waals surface area contributed by atoms with Gasteiger partial charge >= 0.3 is 0 Å². The number of rotatable bonds is 4. The van der Waals surface area contributed by atoms with Gasteiger partial charge in [0.2, 0.25) is 0 Å². The molecule has 0 radical (unpaired) electrons. The van der Waals surface area contributed by atoms with Crippen LogP contribution in [-0.4, -0.2) is 16.9 Å². The summed E-state index contributed by atoms with van der Waals surface area (Å²) in [5.41, 5.74) is 0.666. The average Bonchev–Trinajstić information content (AvgIpc) is 2.47. The lowest BCUT2D eigenvalue weighted by Crippen LogP contribution is -1.96. The number of ether oxygens (including phenoxy) is 1. The van der Waals surface area contributed by atoms with Crippen molar-refractivity contribution < 1.29 is 14.4 Å². The second kappa shape index (κ2) is 4.11. The molecule has 0 bridgehead atoms. The van der Waals surface area contributed by atoms with Crippen LogP contribution in [0.3, 0.4) is 0 Å². The molecular weight excluding hydrogens is 158 g/mol. The van der Waals surface area contributed by atoms with Crippen LogP contribution in [0.5, 0.6) is 5.88 Å². The second-order valence-corrected chi connectivity index (χ2v) is 2.33. The summed E-state index contributed by atoms with van der Waals surface area (Å²) in [6.07, 6.45) is 0.718. The van der Waals surface area contributed by atoms with Crippen LogP contribution in [0, 0.1) is 0 Å². The molecule has 0 spiro atoms. The Balaban J connectivity index is 2.88. The molecule has 0 aromatic carbocycles. The SMILES string of the molecule is CCOc1noc(CC)c1CO. The van der Waals surface area contributed by atoms with Gasteiger partial charge in [-0.2, -0.15) is 0 Å². The molecule has 1 aromatic heterocycles. The molecule has 4 heteroatoms. The van der Waals surface area contributed by atoms with Crippen molar-refractivity contribution in [2.24, 2.45) is 0 Å². The van der Waals surface area contributed by atoms with Crippen molar-refractivity contribution >= 4 is 0 Å². The van der Waals surface area contributed by atoms with Crippen LogP contribution < -0.4 is 4.74 Å². The number of hydrogen-bond donors (Lipinski definition) is 1. The number of aliphatic hydroxyl groups excluding tert-OH is 1. The quantitative estimate of drug-likeness (QED) is 0.737. The monoisotopic (exact) mass is 171 g/mol. The molecule has 0 aliphatic heterocycles. The summed E-state index contributed by atoms with van der Waals surface area (Å²) >= 11 is 0. The lowest BCUT2D eigenvalue weighted by Gasteiger charge is -1.98. The molecule has 1 N–H and O–H groups in total. The Kier molecular flexibility index (Phi) is 3.10. The highest BCUT2D eigenvalue weighted by Gasteiger charge is 2.13. The maximum atomic E-state index is 8.97. The number of nitrogens with zero attached hydrogens (tertiary/aromatic N) is 1. The van der Waals surface area contributed by atoms with Crippen LogP contribution in [0.2, 0.25) is 0 Å². The van der Waals surface area contributed by atoms with E-state index in [1.54, 1.807) is 0 Å². The summed E-state index contributed by atoms with van der Waals surface area (Å²) in [6.45, 7) is 4.25. The Bertz CT molecular complexity index is 244. The Labute approximate surface area is 71.1 Å². The van der Waals surface area contributed by atoms with E-state index in [0.717, 1.165) is 6.42 Å². The third-order valence-electron chi connectivity index (χ3n) is 1.59. The molecule has 0 aliphatic rings. The number of aliphatic hydroxyl groups is 1. The topological polar surface area (TPSA) is 55.5 Å². The van der Waals surface area contributed by atoms with Gasteiger partial charge in [0, 0.05) is 6.42 Å². The first-order valence-electron chi connectivity index (χ1n) is 4.04. The van der Waals surface area contributed by atoms with E-state index in [2.05, 4.69) is 5.16 Å². The van der Waals surface area contributed by atoms with Gasteiger partial charge in [-0.3, -0.25) is 0 Å². The molecular formula is C8H13NO3. The van der Waals surface area contributed by atoms with E-state index < -0.39 is 0 Å². The van der Waals surface area contributed by atoms with Gasteiger partial charge in [0.15, 0.2) is 0 Å². The zero-order valence-electron chi connectivity index (χ0n) is 7.33. The highest BCUT2D eigenvalue weighted by molar-refractivity contribution is 5.27. The van der Waals surface area contributed by atoms with Gasteiger partial charge in [-0.25, -0.2) is 0 Å². The third kappa shape index (κ3) is 1.58. The fourth-order valence-electron chi connectivity index (χ4n) is 1.01. The molecule has 1 rings (SSSR count). The maximum Gasteiger partial charge on any atom is 0.259 e. The minimum Gasteiger partial charge on any atom is -0.476 e. The molecule has 0 saturated carbocycles. The van der Waals surface area contributed by atoms with Crippen LogP contribution in [0.4, 0.5) is 0 Å². The summed E-state index contributed by atoms with van der Waals surface area (Å²) in [5.74, 6) is 1.11. The molecule has 0 unspecified atom stereocenters. The molecule has 12 heavy (non-hydrogen) atoms. The molecule has 1 heterocycles. The standard InChI is InChI=1S/C8H13NO3/c1-3-7-6(5-10)8(9-12-7)11-4-2/h10H,3-5H2,1-2H3. The fourth-order valence-corrected chi connectivity index (χ4v) is 1.01. The molecule has 0 aliphatic carbocycles. The van der Waals surface area contributed by atoms with Crippen molar-refractivity contribution in [3.8, 4) is 5.88 Å². The molecule has 68 valence electrons. The Hall–Kier alpha value is -1.03. The van der Waals surface area contributed by atoms with Crippen molar-refractivity contribution in [3.05, 3.63) is 11.3 Å². The minimum atomic E-state index is -0.0813. The summed E-state index contributed by atoms with van der Waals surface area (Å²) in [5, 5.41) is 12.7. The van der Waals surface area contributed by atoms with E-state index in [1.165, 1.54) is 0 Å². The van der Waals surface area contributed by atoms with Crippen molar-refractivity contribution in [3.63, 3.8) is 0 Å². The lowest BCUT2D eigenvalue weighted by molar-refractivity contribution is 0.263. The van der Waals surface area contributed by atoms with Crippen molar-refractivity contribution in [1.82, 2.24) is 5.16 Å². The lowest BCUT2D eigenvalue weighted by atomic mass is 10.2. The van der Waals surface area contributed by atoms with E-state index in [4.69, 9.17) is 14.4 Å². The molecule has 0 fully saturated rings. The maximum absolute atomic E-state index is 8.97. The fraction of sp³-hybridized carbons (Fsp3) is 0.625. The van der Waals surface area contributed by atoms with Gasteiger partial charge in [-0.15, -0.1) is 0 Å². The second-order valence-electron chi connectivity index (χ2n) is 2.33. The smallest absolute Gasteiger partial charge is 0.259 e. The summed E-state index contributed by atoms with van der Waals surface area (Å²) in [6, 6.07) is 0. The predicted molar refractivity (Wildman–Crippen MR) is 43.0 cm³/mol. The number of hydrogen-bond acceptors (Lipinski definition) is 4. The predicted octanol–water partition coefficient (Wildman–Crippen LogP) is 1.13. The van der Waals surface area contributed by atoms with E-state index in [-0.39, 0.29) is 6.61 Å². The van der Waals surface area contributed by atoms with Crippen molar-refractivity contribution in [2.75, 3.05) is 6.61 Å². The molecule has 0 amide bonds. The van der Waals surface area contributed by atoms with Gasteiger partial charge in [0.1, 0.15) is 5.76 Å². The van der Waals surface area contributed by atoms with Gasteiger partial charge in [-0.05, 0) is 12.1 Å². The first kappa shape index (κ1) is 9.06. The van der Waals surface area contributed by atoms with Gasteiger partial charge in [0.05, 0.1) is 18.8 Å². The largest absolute Gasteiger partial charge is 0.476 e. The van der Waals surface area contributed by atoms with Crippen LogP contribution in [0.25, 0.3) is 0 Å². The van der Waals surface area contributed by atoms with Crippen molar-refractivity contribution in [2.45, 2.75) is 26.9 Å². The zero-order chi connectivity index (χ0) is 8.97. The average molecular weight is 171 g/mol. The van der Waals surface area contributed by atoms with E-state index in [9.17, 15) is 0 Å². The zero-order valence-corrected chi connectivity index (χ0v) is 7.33. The highest BCUT2D eigenvalue weighted by Crippen LogP contribution is 2.21. The van der Waals surface area contributed by atoms with Crippen LogP contribution in [-0.2, 0) is 13.0 Å². The van der Waals surface area contributed by atoms with Crippen molar-refractivity contribution in [1.29, 1.82) is 0 Å². The van der Waals surface area contributed by atoms with E-state index in [0.29, 0.717) is 23.8 Å². The van der Waals surface area contributed by atoms with Crippen LogP contribution in [0.1, 0.15) is 25.2 Å². The minimum absolute atomic E-state index is 0.0813. The van der Waals surface area contributed by atoms with E-state index in [1.807, 2.05) is 13.8 Å². The van der Waals surface area contributed by atoms with Crippen LogP contribution in [0.15, 0.2) is 4.52 Å².